The molecule has 0 saturated carbocycles. The van der Waals surface area contributed by atoms with Crippen LogP contribution in [0.3, 0.4) is 0 Å². The Hall–Kier alpha value is -4.11. The minimum atomic E-state index is 0.241. The number of aromatic amines is 2. The molecule has 2 aliphatic heterocycles. The van der Waals surface area contributed by atoms with Crippen molar-refractivity contribution in [2.45, 2.75) is 19.9 Å². The molecule has 5 aromatic rings. The Morgan fingerprint density at radius 2 is 1.82 bits per heavy atom. The highest BCUT2D eigenvalue weighted by atomic mass is 32.1. The molecule has 33 heavy (non-hydrogen) atoms. The summed E-state index contributed by atoms with van der Waals surface area (Å²) in [5, 5.41) is 8.34. The highest BCUT2D eigenvalue weighted by Crippen LogP contribution is 2.32. The van der Waals surface area contributed by atoms with Gasteiger partial charge in [0.05, 0.1) is 26.8 Å². The van der Waals surface area contributed by atoms with Gasteiger partial charge in [-0.15, -0.1) is 11.3 Å². The van der Waals surface area contributed by atoms with Crippen molar-refractivity contribution >= 4 is 65.0 Å². The molecule has 0 spiro atoms. The minimum absolute atomic E-state index is 0.241. The van der Waals surface area contributed by atoms with Gasteiger partial charge in [-0.25, -0.2) is 15.0 Å². The van der Waals surface area contributed by atoms with Gasteiger partial charge in [0.1, 0.15) is 16.7 Å². The van der Waals surface area contributed by atoms with Gasteiger partial charge in [-0.05, 0) is 44.2 Å². The molecule has 0 saturated heterocycles. The molecule has 2 N–H and O–H groups in total. The molecule has 0 amide bonds. The summed E-state index contributed by atoms with van der Waals surface area (Å²) in [6.07, 6.45) is 7.45. The number of nitrogens with one attached hydrogen (secondary N) is 2. The average molecular weight is 451 g/mol. The maximum atomic E-state index is 4.90. The number of pyridine rings is 3. The third-order valence-corrected chi connectivity index (χ3v) is 7.04. The first-order chi connectivity index (χ1) is 16.2. The highest BCUT2D eigenvalue weighted by Gasteiger charge is 2.15. The Kier molecular flexibility index (Phi) is 3.74. The fourth-order valence-electron chi connectivity index (χ4n) is 4.44. The number of imidazole rings is 1. The van der Waals surface area contributed by atoms with Crippen molar-refractivity contribution in [3.63, 3.8) is 0 Å². The zero-order valence-electron chi connectivity index (χ0n) is 17.9. The lowest BCUT2D eigenvalue weighted by Gasteiger charge is -2.12. The van der Waals surface area contributed by atoms with Crippen LogP contribution in [0.2, 0.25) is 0 Å². The quantitative estimate of drug-likeness (QED) is 0.331. The van der Waals surface area contributed by atoms with Crippen LogP contribution >= 0.6 is 11.3 Å². The Labute approximate surface area is 191 Å². The van der Waals surface area contributed by atoms with Gasteiger partial charge in [-0.1, -0.05) is 0 Å². The van der Waals surface area contributed by atoms with Crippen molar-refractivity contribution in [3.8, 4) is 11.3 Å². The Morgan fingerprint density at radius 1 is 0.909 bits per heavy atom. The van der Waals surface area contributed by atoms with Crippen LogP contribution in [0, 0.1) is 0 Å². The number of hydrogen-bond acceptors (Lipinski definition) is 6. The monoisotopic (exact) mass is 450 g/mol. The molecule has 7 rings (SSSR count). The molecule has 0 aliphatic carbocycles. The summed E-state index contributed by atoms with van der Waals surface area (Å²) in [6.45, 7) is 4.37. The Morgan fingerprint density at radius 3 is 2.73 bits per heavy atom. The van der Waals surface area contributed by atoms with Gasteiger partial charge in [0.2, 0.25) is 0 Å². The van der Waals surface area contributed by atoms with Crippen LogP contribution in [-0.2, 0) is 0 Å². The largest absolute Gasteiger partial charge is 0.329 e. The number of nitrogens with zero attached hydrogens (tertiary/aromatic N) is 6. The van der Waals surface area contributed by atoms with Crippen molar-refractivity contribution in [1.29, 1.82) is 0 Å². The number of rotatable bonds is 1. The second-order valence-corrected chi connectivity index (χ2v) is 9.42. The lowest BCUT2D eigenvalue weighted by atomic mass is 10.1. The van der Waals surface area contributed by atoms with E-state index in [1.807, 2.05) is 24.7 Å². The summed E-state index contributed by atoms with van der Waals surface area (Å²) in [5.41, 5.74) is 6.58. The van der Waals surface area contributed by atoms with E-state index in [2.05, 4.69) is 67.8 Å². The number of aromatic nitrogens is 8. The topological polar surface area (TPSA) is 101 Å². The third-order valence-electron chi connectivity index (χ3n) is 5.95. The number of hydrogen-bond donors (Lipinski definition) is 2. The van der Waals surface area contributed by atoms with Crippen molar-refractivity contribution in [1.82, 2.24) is 39.7 Å². The maximum Gasteiger partial charge on any atom is 0.179 e. The molecule has 0 unspecified atom stereocenters. The lowest BCUT2D eigenvalue weighted by molar-refractivity contribution is 0.640. The third kappa shape index (κ3) is 2.72. The fourth-order valence-corrected chi connectivity index (χ4v) is 5.60. The second-order valence-electron chi connectivity index (χ2n) is 8.35. The van der Waals surface area contributed by atoms with E-state index < -0.39 is 0 Å². The van der Waals surface area contributed by atoms with E-state index in [1.165, 1.54) is 0 Å². The molecular weight excluding hydrogens is 432 g/mol. The molecular formula is C24H18N8S. The zero-order valence-corrected chi connectivity index (χ0v) is 18.7. The van der Waals surface area contributed by atoms with Gasteiger partial charge in [0, 0.05) is 41.0 Å². The summed E-state index contributed by atoms with van der Waals surface area (Å²) in [6, 6.07) is 10.7. The normalized spacial score (nSPS) is 12.2. The first-order valence-corrected chi connectivity index (χ1v) is 11.5. The fraction of sp³-hybridized carbons (Fsp3) is 0.125. The summed E-state index contributed by atoms with van der Waals surface area (Å²) < 4.78 is 3.35. The van der Waals surface area contributed by atoms with E-state index in [-0.39, 0.29) is 6.04 Å². The van der Waals surface area contributed by atoms with Gasteiger partial charge in [-0.3, -0.25) is 20.2 Å². The van der Waals surface area contributed by atoms with Crippen molar-refractivity contribution in [3.05, 3.63) is 55.1 Å². The van der Waals surface area contributed by atoms with Crippen LogP contribution in [0.4, 0.5) is 0 Å². The molecule has 0 aromatic carbocycles. The SMILES string of the molecule is CC(C)n1c2cncc(c2)c2cnc3[nH][nH]c(c4nc5ccnc(c6ccc1s6)c5n4)-c3c2. The summed E-state index contributed by atoms with van der Waals surface area (Å²) in [4.78, 5) is 24.7. The van der Waals surface area contributed by atoms with E-state index in [4.69, 9.17) is 9.97 Å². The van der Waals surface area contributed by atoms with E-state index in [0.717, 1.165) is 59.3 Å². The van der Waals surface area contributed by atoms with Crippen molar-refractivity contribution in [2.75, 3.05) is 0 Å². The second kappa shape index (κ2) is 6.69. The van der Waals surface area contributed by atoms with Crippen molar-refractivity contribution < 1.29 is 0 Å². The van der Waals surface area contributed by atoms with Crippen LogP contribution < -0.4 is 0 Å². The zero-order chi connectivity index (χ0) is 22.1. The van der Waals surface area contributed by atoms with Crippen LogP contribution in [0.1, 0.15) is 19.9 Å². The van der Waals surface area contributed by atoms with Crippen LogP contribution in [-0.4, -0.2) is 39.7 Å². The molecule has 2 aliphatic rings. The summed E-state index contributed by atoms with van der Waals surface area (Å²) >= 11 is 1.70. The van der Waals surface area contributed by atoms with Gasteiger partial charge in [-0.2, -0.15) is 0 Å². The molecule has 0 fully saturated rings. The Bertz CT molecular complexity index is 1870. The standard InChI is InChI=1S/C24H18N8S/c1-12(2)32-15-7-13(9-25-11-15)14-8-16-20(30-31-23(16)27-10-14)24-28-17-5-6-26-22(21(17)29-24)18-3-4-19(32)33-18/h3-12,30H,1-2H3,(H,27,31). The van der Waals surface area contributed by atoms with E-state index >= 15 is 0 Å². The van der Waals surface area contributed by atoms with Gasteiger partial charge in [0.15, 0.2) is 11.3 Å². The highest BCUT2D eigenvalue weighted by molar-refractivity contribution is 7.23. The smallest absolute Gasteiger partial charge is 0.179 e. The molecule has 5 aromatic heterocycles. The van der Waals surface area contributed by atoms with Gasteiger partial charge >= 0.3 is 0 Å². The minimum Gasteiger partial charge on any atom is -0.329 e. The average Bonchev–Trinajstić information content (AvgIpc) is 3.55. The predicted octanol–water partition coefficient (Wildman–Crippen LogP) is 5.76. The van der Waals surface area contributed by atoms with E-state index in [1.54, 1.807) is 17.5 Å². The predicted molar refractivity (Wildman–Crippen MR) is 132 cm³/mol. The van der Waals surface area contributed by atoms with E-state index in [0.29, 0.717) is 5.65 Å². The molecule has 8 bridgehead atoms. The van der Waals surface area contributed by atoms with Crippen LogP contribution in [0.15, 0.2) is 55.1 Å². The molecule has 160 valence electrons. The molecule has 0 atom stereocenters. The maximum absolute atomic E-state index is 4.90. The summed E-state index contributed by atoms with van der Waals surface area (Å²) in [7, 11) is 0. The van der Waals surface area contributed by atoms with E-state index in [9.17, 15) is 0 Å². The molecule has 7 heterocycles. The Balaban J connectivity index is 1.76. The van der Waals surface area contributed by atoms with Gasteiger partial charge in [0.25, 0.3) is 0 Å². The van der Waals surface area contributed by atoms with Crippen molar-refractivity contribution in [2.24, 2.45) is 0 Å². The number of fused-ring (bicyclic) bond motifs is 9. The molecule has 8 nitrogen and oxygen atoms in total. The van der Waals surface area contributed by atoms with Gasteiger partial charge < -0.3 is 4.57 Å². The first-order valence-electron chi connectivity index (χ1n) is 10.7. The summed E-state index contributed by atoms with van der Waals surface area (Å²) in [5.74, 6) is 0. The lowest BCUT2D eigenvalue weighted by Crippen LogP contribution is -2.01. The first kappa shape index (κ1) is 18.5. The van der Waals surface area contributed by atoms with Crippen LogP contribution in [0.5, 0.6) is 0 Å². The molecule has 0 radical (unpaired) electrons. The van der Waals surface area contributed by atoms with Crippen LogP contribution in [0.25, 0.3) is 64.9 Å². The number of H-pyrrole nitrogens is 2. The number of thiophene rings is 1. The molecule has 9 heteroatoms.